The maximum absolute atomic E-state index is 6.37. The van der Waals surface area contributed by atoms with E-state index in [1.54, 1.807) is 0 Å². The summed E-state index contributed by atoms with van der Waals surface area (Å²) < 4.78 is 0. The Morgan fingerprint density at radius 2 is 1.60 bits per heavy atom. The summed E-state index contributed by atoms with van der Waals surface area (Å²) >= 11 is 0. The highest BCUT2D eigenvalue weighted by Crippen LogP contribution is 2.26. The van der Waals surface area contributed by atoms with Crippen molar-refractivity contribution < 1.29 is 0 Å². The summed E-state index contributed by atoms with van der Waals surface area (Å²) in [4.78, 5) is 2.28. The van der Waals surface area contributed by atoms with Crippen LogP contribution >= 0.6 is 0 Å². The molecule has 0 bridgehead atoms. The van der Waals surface area contributed by atoms with Crippen LogP contribution in [0.2, 0.25) is 0 Å². The van der Waals surface area contributed by atoms with E-state index in [4.69, 9.17) is 5.73 Å². The summed E-state index contributed by atoms with van der Waals surface area (Å²) in [6.45, 7) is 9.03. The van der Waals surface area contributed by atoms with E-state index in [-0.39, 0.29) is 11.6 Å². The molecule has 0 spiro atoms. The van der Waals surface area contributed by atoms with Crippen molar-refractivity contribution in [2.24, 2.45) is 11.7 Å². The lowest BCUT2D eigenvalue weighted by molar-refractivity contribution is 0.117. The van der Waals surface area contributed by atoms with Crippen LogP contribution in [-0.4, -0.2) is 30.6 Å². The van der Waals surface area contributed by atoms with E-state index in [0.29, 0.717) is 0 Å². The predicted molar refractivity (Wildman–Crippen MR) is 69.0 cm³/mol. The summed E-state index contributed by atoms with van der Waals surface area (Å²) in [5.41, 5.74) is 6.52. The van der Waals surface area contributed by atoms with Gasteiger partial charge in [0.15, 0.2) is 0 Å². The zero-order valence-corrected chi connectivity index (χ0v) is 11.5. The lowest BCUT2D eigenvalue weighted by Gasteiger charge is -2.42. The smallest absolute Gasteiger partial charge is 0.0323 e. The molecule has 2 N–H and O–H groups in total. The topological polar surface area (TPSA) is 29.3 Å². The maximum atomic E-state index is 6.37. The van der Waals surface area contributed by atoms with Gasteiger partial charge in [-0.2, -0.15) is 0 Å². The summed E-state index contributed by atoms with van der Waals surface area (Å²) in [6.07, 6.45) is 4.76. The number of nitrogens with two attached hydrogens (primary N) is 1. The van der Waals surface area contributed by atoms with Crippen molar-refractivity contribution in [2.45, 2.75) is 65.0 Å². The molecule has 0 rings (SSSR count). The fraction of sp³-hybridized carbons (Fsp3) is 1.00. The monoisotopic (exact) mass is 214 g/mol. The Balaban J connectivity index is 4.45. The van der Waals surface area contributed by atoms with Gasteiger partial charge in [0, 0.05) is 11.6 Å². The highest BCUT2D eigenvalue weighted by molar-refractivity contribution is 4.92. The van der Waals surface area contributed by atoms with E-state index in [1.807, 2.05) is 0 Å². The lowest BCUT2D eigenvalue weighted by Crippen LogP contribution is -2.55. The zero-order valence-electron chi connectivity index (χ0n) is 11.5. The Kier molecular flexibility index (Phi) is 6.46. The number of hydrogen-bond acceptors (Lipinski definition) is 2. The molecule has 0 aromatic rings. The van der Waals surface area contributed by atoms with Crippen molar-refractivity contribution >= 4 is 0 Å². The van der Waals surface area contributed by atoms with Crippen LogP contribution < -0.4 is 5.73 Å². The molecule has 0 radical (unpaired) electrons. The second kappa shape index (κ2) is 6.49. The lowest BCUT2D eigenvalue weighted by atomic mass is 9.81. The standard InChI is InChI=1S/C13H30N2/c1-7-11(8-2)10-12(14)13(4,9-3)15(5)6/h11-12H,7-10,14H2,1-6H3. The van der Waals surface area contributed by atoms with Crippen LogP contribution in [-0.2, 0) is 0 Å². The van der Waals surface area contributed by atoms with Crippen molar-refractivity contribution in [3.8, 4) is 0 Å². The molecule has 15 heavy (non-hydrogen) atoms. The Morgan fingerprint density at radius 3 is 1.87 bits per heavy atom. The summed E-state index contributed by atoms with van der Waals surface area (Å²) in [5, 5.41) is 0. The molecule has 0 heterocycles. The van der Waals surface area contributed by atoms with Gasteiger partial charge in [-0.25, -0.2) is 0 Å². The molecule has 0 fully saturated rings. The molecule has 0 aromatic carbocycles. The first-order valence-corrected chi connectivity index (χ1v) is 6.35. The van der Waals surface area contributed by atoms with Crippen molar-refractivity contribution in [1.82, 2.24) is 4.90 Å². The van der Waals surface area contributed by atoms with Crippen LogP contribution in [0.4, 0.5) is 0 Å². The Bertz CT molecular complexity index is 164. The second-order valence-electron chi connectivity index (χ2n) is 5.13. The van der Waals surface area contributed by atoms with Gasteiger partial charge < -0.3 is 10.6 Å². The first-order valence-electron chi connectivity index (χ1n) is 6.35. The van der Waals surface area contributed by atoms with Gasteiger partial charge in [-0.1, -0.05) is 33.6 Å². The third kappa shape index (κ3) is 3.76. The second-order valence-corrected chi connectivity index (χ2v) is 5.13. The quantitative estimate of drug-likeness (QED) is 0.706. The van der Waals surface area contributed by atoms with E-state index in [2.05, 4.69) is 46.7 Å². The largest absolute Gasteiger partial charge is 0.326 e. The molecule has 0 aliphatic heterocycles. The predicted octanol–water partition coefficient (Wildman–Crippen LogP) is 2.87. The molecule has 2 atom stereocenters. The fourth-order valence-electron chi connectivity index (χ4n) is 2.15. The van der Waals surface area contributed by atoms with Gasteiger partial charge in [0.2, 0.25) is 0 Å². The van der Waals surface area contributed by atoms with Gasteiger partial charge in [-0.05, 0) is 39.8 Å². The first kappa shape index (κ1) is 14.9. The van der Waals surface area contributed by atoms with E-state index in [1.165, 1.54) is 12.8 Å². The SMILES string of the molecule is CCC(CC)CC(N)C(C)(CC)N(C)C. The zero-order chi connectivity index (χ0) is 12.1. The fourth-order valence-corrected chi connectivity index (χ4v) is 2.15. The Labute approximate surface area is 96.2 Å². The molecule has 2 heteroatoms. The molecular formula is C13H30N2. The Morgan fingerprint density at radius 1 is 1.13 bits per heavy atom. The van der Waals surface area contributed by atoms with Gasteiger partial charge >= 0.3 is 0 Å². The Hall–Kier alpha value is -0.0800. The summed E-state index contributed by atoms with van der Waals surface area (Å²) in [5.74, 6) is 0.783. The van der Waals surface area contributed by atoms with Crippen molar-refractivity contribution in [1.29, 1.82) is 0 Å². The van der Waals surface area contributed by atoms with E-state index < -0.39 is 0 Å². The summed E-state index contributed by atoms with van der Waals surface area (Å²) in [7, 11) is 4.27. The molecule has 0 amide bonds. The number of likely N-dealkylation sites (N-methyl/N-ethyl adjacent to an activating group) is 1. The maximum Gasteiger partial charge on any atom is 0.0323 e. The highest BCUT2D eigenvalue weighted by atomic mass is 15.2. The average molecular weight is 214 g/mol. The van der Waals surface area contributed by atoms with Crippen LogP contribution in [0.25, 0.3) is 0 Å². The summed E-state index contributed by atoms with van der Waals surface area (Å²) in [6, 6.07) is 0.280. The number of rotatable bonds is 7. The van der Waals surface area contributed by atoms with Crippen molar-refractivity contribution in [3.05, 3.63) is 0 Å². The number of hydrogen-bond donors (Lipinski definition) is 1. The normalized spacial score (nSPS) is 18.2. The van der Waals surface area contributed by atoms with Crippen LogP contribution in [0.5, 0.6) is 0 Å². The highest BCUT2D eigenvalue weighted by Gasteiger charge is 2.32. The van der Waals surface area contributed by atoms with Crippen LogP contribution in [0.3, 0.4) is 0 Å². The molecular weight excluding hydrogens is 184 g/mol. The molecule has 2 nitrogen and oxygen atoms in total. The minimum atomic E-state index is 0.141. The molecule has 0 aliphatic rings. The minimum Gasteiger partial charge on any atom is -0.326 e. The average Bonchev–Trinajstić information content (AvgIpc) is 2.23. The molecule has 2 unspecified atom stereocenters. The van der Waals surface area contributed by atoms with E-state index in [9.17, 15) is 0 Å². The molecule has 0 aromatic heterocycles. The van der Waals surface area contributed by atoms with E-state index in [0.717, 1.165) is 18.8 Å². The molecule has 0 aliphatic carbocycles. The van der Waals surface area contributed by atoms with Gasteiger partial charge in [-0.3, -0.25) is 0 Å². The molecule has 0 saturated heterocycles. The van der Waals surface area contributed by atoms with Gasteiger partial charge in [0.25, 0.3) is 0 Å². The third-order valence-corrected chi connectivity index (χ3v) is 4.28. The van der Waals surface area contributed by atoms with Crippen molar-refractivity contribution in [3.63, 3.8) is 0 Å². The van der Waals surface area contributed by atoms with Gasteiger partial charge in [0.1, 0.15) is 0 Å². The van der Waals surface area contributed by atoms with E-state index >= 15 is 0 Å². The molecule has 0 saturated carbocycles. The first-order chi connectivity index (χ1) is 6.92. The van der Waals surface area contributed by atoms with Crippen molar-refractivity contribution in [2.75, 3.05) is 14.1 Å². The minimum absolute atomic E-state index is 0.141. The van der Waals surface area contributed by atoms with Gasteiger partial charge in [0.05, 0.1) is 0 Å². The third-order valence-electron chi connectivity index (χ3n) is 4.28. The van der Waals surface area contributed by atoms with Gasteiger partial charge in [-0.15, -0.1) is 0 Å². The van der Waals surface area contributed by atoms with Crippen LogP contribution in [0.15, 0.2) is 0 Å². The van der Waals surface area contributed by atoms with Crippen LogP contribution in [0.1, 0.15) is 53.4 Å². The number of nitrogens with zero attached hydrogens (tertiary/aromatic N) is 1. The van der Waals surface area contributed by atoms with Crippen LogP contribution in [0, 0.1) is 5.92 Å². The molecule has 92 valence electrons.